The van der Waals surface area contributed by atoms with Crippen molar-refractivity contribution in [1.29, 1.82) is 0 Å². The van der Waals surface area contributed by atoms with Crippen LogP contribution in [0.3, 0.4) is 0 Å². The van der Waals surface area contributed by atoms with Crippen molar-refractivity contribution in [3.8, 4) is 0 Å². The molecule has 1 aromatic carbocycles. The third kappa shape index (κ3) is 3.35. The van der Waals surface area contributed by atoms with E-state index in [1.165, 1.54) is 0 Å². The van der Waals surface area contributed by atoms with Crippen LogP contribution in [0, 0.1) is 12.3 Å². The molecule has 5 heteroatoms. The number of aryl methyl sites for hydroxylation is 1. The van der Waals surface area contributed by atoms with Gasteiger partial charge in [0.05, 0.1) is 11.5 Å². The third-order valence-corrected chi connectivity index (χ3v) is 4.35. The summed E-state index contributed by atoms with van der Waals surface area (Å²) in [5.74, 6) is -0.819. The molecule has 21 heavy (non-hydrogen) atoms. The summed E-state index contributed by atoms with van der Waals surface area (Å²) in [6.45, 7) is 4.10. The molecule has 1 atom stereocenters. The van der Waals surface area contributed by atoms with Crippen molar-refractivity contribution in [2.24, 2.45) is 5.41 Å². The number of aliphatic carboxylic acids is 1. The Labute approximate surface area is 124 Å². The first-order valence-corrected chi connectivity index (χ1v) is 7.28. The van der Waals surface area contributed by atoms with Gasteiger partial charge in [-0.1, -0.05) is 30.7 Å². The molecule has 114 valence electrons. The van der Waals surface area contributed by atoms with Crippen LogP contribution in [0.1, 0.15) is 43.4 Å². The van der Waals surface area contributed by atoms with Crippen LogP contribution >= 0.6 is 0 Å². The van der Waals surface area contributed by atoms with Crippen LogP contribution in [0.15, 0.2) is 24.3 Å². The second-order valence-electron chi connectivity index (χ2n) is 5.84. The molecular weight excluding hydrogens is 268 g/mol. The number of carboxylic acid groups (broad SMARTS) is 1. The minimum absolute atomic E-state index is 0.117. The Morgan fingerprint density at radius 2 is 2.00 bits per heavy atom. The lowest BCUT2D eigenvalue weighted by atomic mass is 9.69. The zero-order chi connectivity index (χ0) is 15.5. The molecule has 1 aromatic rings. The first-order chi connectivity index (χ1) is 9.94. The second kappa shape index (κ2) is 6.16. The van der Waals surface area contributed by atoms with Gasteiger partial charge in [-0.25, -0.2) is 4.79 Å². The van der Waals surface area contributed by atoms with Crippen LogP contribution in [0.2, 0.25) is 0 Å². The van der Waals surface area contributed by atoms with E-state index in [2.05, 4.69) is 10.6 Å². The fraction of sp³-hybridized carbons (Fsp3) is 0.500. The number of amides is 2. The van der Waals surface area contributed by atoms with Crippen molar-refractivity contribution in [2.75, 3.05) is 6.54 Å². The quantitative estimate of drug-likeness (QED) is 0.780. The molecule has 1 fully saturated rings. The molecule has 2 rings (SSSR count). The Morgan fingerprint density at radius 1 is 1.33 bits per heavy atom. The van der Waals surface area contributed by atoms with Gasteiger partial charge in [0.2, 0.25) is 0 Å². The van der Waals surface area contributed by atoms with E-state index in [0.717, 1.165) is 17.5 Å². The summed E-state index contributed by atoms with van der Waals surface area (Å²) < 4.78 is 0. The standard InChI is InChI=1S/C16H22N2O3/c1-11-6-3-4-7-13(11)12(2)18-15(21)17-10-16(14(19)20)8-5-9-16/h3-4,6-7,12H,5,8-10H2,1-2H3,(H,19,20)(H2,17,18,21). The minimum atomic E-state index is -0.819. The molecule has 0 radical (unpaired) electrons. The molecule has 0 spiro atoms. The second-order valence-corrected chi connectivity index (χ2v) is 5.84. The van der Waals surface area contributed by atoms with Crippen molar-refractivity contribution in [1.82, 2.24) is 10.6 Å². The molecule has 0 heterocycles. The number of urea groups is 1. The van der Waals surface area contributed by atoms with Crippen molar-refractivity contribution in [2.45, 2.75) is 39.2 Å². The molecule has 1 aliphatic rings. The number of hydrogen-bond acceptors (Lipinski definition) is 2. The molecule has 2 amide bonds. The highest BCUT2D eigenvalue weighted by Gasteiger charge is 2.44. The number of benzene rings is 1. The highest BCUT2D eigenvalue weighted by molar-refractivity contribution is 5.79. The van der Waals surface area contributed by atoms with Gasteiger partial charge in [0.15, 0.2) is 0 Å². The Kier molecular flexibility index (Phi) is 4.50. The number of carbonyl (C=O) groups excluding carboxylic acids is 1. The van der Waals surface area contributed by atoms with E-state index in [9.17, 15) is 14.7 Å². The fourth-order valence-corrected chi connectivity index (χ4v) is 2.72. The topological polar surface area (TPSA) is 78.4 Å². The van der Waals surface area contributed by atoms with Crippen molar-refractivity contribution in [3.05, 3.63) is 35.4 Å². The van der Waals surface area contributed by atoms with Crippen LogP contribution in [0.4, 0.5) is 4.79 Å². The highest BCUT2D eigenvalue weighted by Crippen LogP contribution is 2.40. The lowest BCUT2D eigenvalue weighted by Crippen LogP contribution is -2.50. The van der Waals surface area contributed by atoms with Crippen LogP contribution in [-0.2, 0) is 4.79 Å². The average Bonchev–Trinajstić information content (AvgIpc) is 2.37. The van der Waals surface area contributed by atoms with Crippen LogP contribution < -0.4 is 10.6 Å². The Bertz CT molecular complexity index is 538. The van der Waals surface area contributed by atoms with E-state index in [1.807, 2.05) is 38.1 Å². The molecule has 3 N–H and O–H groups in total. The molecule has 0 aliphatic heterocycles. The largest absolute Gasteiger partial charge is 0.481 e. The van der Waals surface area contributed by atoms with Gasteiger partial charge in [0.1, 0.15) is 0 Å². The third-order valence-electron chi connectivity index (χ3n) is 4.35. The van der Waals surface area contributed by atoms with Gasteiger partial charge in [-0.3, -0.25) is 4.79 Å². The van der Waals surface area contributed by atoms with Gasteiger partial charge >= 0.3 is 12.0 Å². The zero-order valence-electron chi connectivity index (χ0n) is 12.5. The average molecular weight is 290 g/mol. The van der Waals surface area contributed by atoms with Crippen LogP contribution in [0.5, 0.6) is 0 Å². The maximum absolute atomic E-state index is 11.9. The molecule has 0 saturated heterocycles. The van der Waals surface area contributed by atoms with Gasteiger partial charge < -0.3 is 15.7 Å². The SMILES string of the molecule is Cc1ccccc1C(C)NC(=O)NCC1(C(=O)O)CCC1. The van der Waals surface area contributed by atoms with Gasteiger partial charge in [0, 0.05) is 6.54 Å². The molecule has 1 saturated carbocycles. The van der Waals surface area contributed by atoms with E-state index in [4.69, 9.17) is 0 Å². The number of hydrogen-bond donors (Lipinski definition) is 3. The molecule has 0 aromatic heterocycles. The predicted octanol–water partition coefficient (Wildman–Crippen LogP) is 2.61. The summed E-state index contributed by atoms with van der Waals surface area (Å²) in [4.78, 5) is 23.2. The lowest BCUT2D eigenvalue weighted by Gasteiger charge is -2.37. The number of carbonyl (C=O) groups is 2. The first-order valence-electron chi connectivity index (χ1n) is 7.28. The number of carboxylic acids is 1. The van der Waals surface area contributed by atoms with Crippen LogP contribution in [0.25, 0.3) is 0 Å². The van der Waals surface area contributed by atoms with Crippen molar-refractivity contribution >= 4 is 12.0 Å². The normalized spacial score (nSPS) is 17.4. The summed E-state index contributed by atoms with van der Waals surface area (Å²) >= 11 is 0. The smallest absolute Gasteiger partial charge is 0.315 e. The van der Waals surface area contributed by atoms with E-state index in [-0.39, 0.29) is 18.6 Å². The number of nitrogens with one attached hydrogen (secondary N) is 2. The van der Waals surface area contributed by atoms with Gasteiger partial charge in [0.25, 0.3) is 0 Å². The van der Waals surface area contributed by atoms with E-state index in [1.54, 1.807) is 0 Å². The molecule has 5 nitrogen and oxygen atoms in total. The Hall–Kier alpha value is -2.04. The Morgan fingerprint density at radius 3 is 2.52 bits per heavy atom. The predicted molar refractivity (Wildman–Crippen MR) is 80.0 cm³/mol. The summed E-state index contributed by atoms with van der Waals surface area (Å²) in [6, 6.07) is 7.43. The lowest BCUT2D eigenvalue weighted by molar-refractivity contribution is -0.153. The summed E-state index contributed by atoms with van der Waals surface area (Å²) in [5.41, 5.74) is 1.42. The summed E-state index contributed by atoms with van der Waals surface area (Å²) in [6.07, 6.45) is 2.18. The molecule has 0 bridgehead atoms. The van der Waals surface area contributed by atoms with Gasteiger partial charge in [-0.15, -0.1) is 0 Å². The maximum Gasteiger partial charge on any atom is 0.315 e. The van der Waals surface area contributed by atoms with Crippen molar-refractivity contribution < 1.29 is 14.7 Å². The first kappa shape index (κ1) is 15.4. The molecular formula is C16H22N2O3. The zero-order valence-corrected chi connectivity index (χ0v) is 12.5. The van der Waals surface area contributed by atoms with E-state index in [0.29, 0.717) is 12.8 Å². The summed E-state index contributed by atoms with van der Waals surface area (Å²) in [5, 5.41) is 14.8. The molecule has 1 unspecified atom stereocenters. The number of rotatable bonds is 5. The van der Waals surface area contributed by atoms with Gasteiger partial charge in [-0.05, 0) is 37.8 Å². The maximum atomic E-state index is 11.9. The molecule has 1 aliphatic carbocycles. The summed E-state index contributed by atoms with van der Waals surface area (Å²) in [7, 11) is 0. The van der Waals surface area contributed by atoms with E-state index >= 15 is 0 Å². The van der Waals surface area contributed by atoms with Crippen molar-refractivity contribution in [3.63, 3.8) is 0 Å². The fourth-order valence-electron chi connectivity index (χ4n) is 2.72. The Balaban J connectivity index is 1.87. The minimum Gasteiger partial charge on any atom is -0.481 e. The van der Waals surface area contributed by atoms with Crippen LogP contribution in [-0.4, -0.2) is 23.7 Å². The van der Waals surface area contributed by atoms with E-state index < -0.39 is 11.4 Å². The highest BCUT2D eigenvalue weighted by atomic mass is 16.4. The monoisotopic (exact) mass is 290 g/mol. The van der Waals surface area contributed by atoms with Gasteiger partial charge in [-0.2, -0.15) is 0 Å².